The van der Waals surface area contributed by atoms with Crippen molar-refractivity contribution in [1.29, 1.82) is 5.26 Å². The molecular formula is C21H20N4OS. The molecule has 0 spiro atoms. The van der Waals surface area contributed by atoms with E-state index in [1.807, 2.05) is 41.1 Å². The minimum atomic E-state index is -0.122. The molecule has 1 amide bonds. The molecule has 0 bridgehead atoms. The highest BCUT2D eigenvalue weighted by Gasteiger charge is 2.17. The van der Waals surface area contributed by atoms with Crippen LogP contribution in [-0.4, -0.2) is 27.8 Å². The number of hydrogen-bond donors (Lipinski definition) is 0. The van der Waals surface area contributed by atoms with Crippen LogP contribution in [0.15, 0.2) is 66.1 Å². The van der Waals surface area contributed by atoms with Gasteiger partial charge in [0, 0.05) is 18.1 Å². The van der Waals surface area contributed by atoms with E-state index in [4.69, 9.17) is 5.26 Å². The summed E-state index contributed by atoms with van der Waals surface area (Å²) in [4.78, 5) is 18.6. The monoisotopic (exact) mass is 376 g/mol. The molecule has 0 aliphatic heterocycles. The summed E-state index contributed by atoms with van der Waals surface area (Å²) in [6.07, 6.45) is 3.63. The second kappa shape index (κ2) is 8.56. The van der Waals surface area contributed by atoms with E-state index in [-0.39, 0.29) is 18.2 Å². The van der Waals surface area contributed by atoms with Crippen LogP contribution in [0.2, 0.25) is 0 Å². The summed E-state index contributed by atoms with van der Waals surface area (Å²) in [5.41, 5.74) is 4.12. The average Bonchev–Trinajstić information content (AvgIpc) is 3.13. The van der Waals surface area contributed by atoms with Gasteiger partial charge >= 0.3 is 0 Å². The normalized spacial score (nSPS) is 10.4. The zero-order valence-electron chi connectivity index (χ0n) is 15.3. The quantitative estimate of drug-likeness (QED) is 0.479. The van der Waals surface area contributed by atoms with E-state index in [2.05, 4.69) is 43.1 Å². The van der Waals surface area contributed by atoms with Gasteiger partial charge in [0.2, 0.25) is 5.91 Å². The Bertz CT molecular complexity index is 975. The molecule has 0 saturated heterocycles. The molecule has 0 atom stereocenters. The Hall–Kier alpha value is -3.04. The van der Waals surface area contributed by atoms with Crippen LogP contribution in [0.4, 0.5) is 5.69 Å². The van der Waals surface area contributed by atoms with Gasteiger partial charge in [-0.15, -0.1) is 0 Å². The maximum atomic E-state index is 12.7. The fourth-order valence-corrected chi connectivity index (χ4v) is 3.70. The van der Waals surface area contributed by atoms with Gasteiger partial charge in [-0.05, 0) is 37.6 Å². The smallest absolute Gasteiger partial charge is 0.238 e. The lowest BCUT2D eigenvalue weighted by Crippen LogP contribution is -2.32. The molecule has 1 aromatic heterocycles. The second-order valence-corrected chi connectivity index (χ2v) is 7.07. The van der Waals surface area contributed by atoms with E-state index in [9.17, 15) is 4.79 Å². The molecular weight excluding hydrogens is 356 g/mol. The highest BCUT2D eigenvalue weighted by molar-refractivity contribution is 7.99. The predicted octanol–water partition coefficient (Wildman–Crippen LogP) is 4.14. The molecule has 2 aromatic carbocycles. The van der Waals surface area contributed by atoms with Gasteiger partial charge in [0.15, 0.2) is 5.16 Å². The van der Waals surface area contributed by atoms with Crippen molar-refractivity contribution in [3.8, 4) is 11.8 Å². The largest absolute Gasteiger partial charge is 0.298 e. The number of imidazole rings is 1. The predicted molar refractivity (Wildman–Crippen MR) is 108 cm³/mol. The van der Waals surface area contributed by atoms with Crippen LogP contribution in [0.1, 0.15) is 11.1 Å². The first-order valence-corrected chi connectivity index (χ1v) is 9.55. The molecule has 0 N–H and O–H groups in total. The highest BCUT2D eigenvalue weighted by atomic mass is 32.2. The lowest BCUT2D eigenvalue weighted by molar-refractivity contribution is -0.116. The number of nitrogens with zero attached hydrogens (tertiary/aromatic N) is 4. The van der Waals surface area contributed by atoms with Gasteiger partial charge in [-0.2, -0.15) is 5.26 Å². The zero-order chi connectivity index (χ0) is 19.2. The lowest BCUT2D eigenvalue weighted by atomic mass is 10.1. The van der Waals surface area contributed by atoms with E-state index in [0.717, 1.165) is 22.1 Å². The number of aryl methyl sites for hydroxylation is 2. The maximum Gasteiger partial charge on any atom is 0.238 e. The van der Waals surface area contributed by atoms with Gasteiger partial charge in [-0.25, -0.2) is 4.98 Å². The summed E-state index contributed by atoms with van der Waals surface area (Å²) in [7, 11) is 0. The van der Waals surface area contributed by atoms with Crippen LogP contribution in [0.5, 0.6) is 0 Å². The van der Waals surface area contributed by atoms with Crippen LogP contribution < -0.4 is 4.90 Å². The van der Waals surface area contributed by atoms with E-state index in [1.165, 1.54) is 22.2 Å². The van der Waals surface area contributed by atoms with Gasteiger partial charge < -0.3 is 0 Å². The fraction of sp³-hybridized carbons (Fsp3) is 0.190. The number of amides is 1. The van der Waals surface area contributed by atoms with Gasteiger partial charge in [-0.1, -0.05) is 47.7 Å². The molecule has 0 fully saturated rings. The third kappa shape index (κ3) is 4.39. The van der Waals surface area contributed by atoms with Crippen molar-refractivity contribution in [1.82, 2.24) is 9.55 Å². The van der Waals surface area contributed by atoms with Gasteiger partial charge in [-0.3, -0.25) is 14.3 Å². The number of benzene rings is 2. The third-order valence-electron chi connectivity index (χ3n) is 4.14. The van der Waals surface area contributed by atoms with Gasteiger partial charge in [0.1, 0.15) is 6.54 Å². The number of rotatable bonds is 6. The molecule has 1 heterocycles. The molecule has 3 aromatic rings. The van der Waals surface area contributed by atoms with Crippen LogP contribution in [-0.2, 0) is 4.79 Å². The van der Waals surface area contributed by atoms with Crippen molar-refractivity contribution >= 4 is 23.4 Å². The molecule has 27 heavy (non-hydrogen) atoms. The molecule has 3 rings (SSSR count). The summed E-state index contributed by atoms with van der Waals surface area (Å²) in [5, 5.41) is 9.83. The van der Waals surface area contributed by atoms with Crippen LogP contribution >= 0.6 is 11.8 Å². The van der Waals surface area contributed by atoms with E-state index >= 15 is 0 Å². The number of nitriles is 1. The van der Waals surface area contributed by atoms with Gasteiger partial charge in [0.05, 0.1) is 17.5 Å². The third-order valence-corrected chi connectivity index (χ3v) is 5.09. The van der Waals surface area contributed by atoms with Crippen LogP contribution in [0.3, 0.4) is 0 Å². The Morgan fingerprint density at radius 3 is 2.70 bits per heavy atom. The molecule has 6 heteroatoms. The fourth-order valence-electron chi connectivity index (χ4n) is 2.86. The summed E-state index contributed by atoms with van der Waals surface area (Å²) in [6.45, 7) is 4.15. The van der Waals surface area contributed by atoms with Crippen molar-refractivity contribution in [3.63, 3.8) is 0 Å². The number of carbonyl (C=O) groups is 1. The van der Waals surface area contributed by atoms with Crippen molar-refractivity contribution in [2.75, 3.05) is 17.2 Å². The molecule has 5 nitrogen and oxygen atoms in total. The van der Waals surface area contributed by atoms with E-state index in [1.54, 1.807) is 6.20 Å². The molecule has 0 radical (unpaired) electrons. The number of anilines is 1. The van der Waals surface area contributed by atoms with Crippen molar-refractivity contribution in [3.05, 3.63) is 72.1 Å². The van der Waals surface area contributed by atoms with E-state index < -0.39 is 0 Å². The Morgan fingerprint density at radius 2 is 2.00 bits per heavy atom. The summed E-state index contributed by atoms with van der Waals surface area (Å²) < 4.78 is 1.99. The van der Waals surface area contributed by atoms with Crippen LogP contribution in [0, 0.1) is 25.2 Å². The van der Waals surface area contributed by atoms with Crippen molar-refractivity contribution in [2.45, 2.75) is 19.0 Å². The molecule has 0 saturated carbocycles. The maximum absolute atomic E-state index is 12.7. The number of hydrogen-bond acceptors (Lipinski definition) is 4. The minimum Gasteiger partial charge on any atom is -0.298 e. The molecule has 136 valence electrons. The van der Waals surface area contributed by atoms with Crippen LogP contribution in [0.25, 0.3) is 5.69 Å². The Morgan fingerprint density at radius 1 is 1.22 bits per heavy atom. The average molecular weight is 376 g/mol. The number of thioether (sulfide) groups is 1. The topological polar surface area (TPSA) is 61.9 Å². The lowest BCUT2D eigenvalue weighted by Gasteiger charge is -2.19. The Balaban J connectivity index is 1.76. The number of carbonyl (C=O) groups excluding carboxylic acids is 1. The van der Waals surface area contributed by atoms with Crippen molar-refractivity contribution in [2.24, 2.45) is 0 Å². The summed E-state index contributed by atoms with van der Waals surface area (Å²) in [6, 6.07) is 17.6. The summed E-state index contributed by atoms with van der Waals surface area (Å²) in [5.74, 6) is 0.0846. The minimum absolute atomic E-state index is 0.0227. The first kappa shape index (κ1) is 18.7. The standard InChI is InChI=1S/C21H20N4OS/c1-16-8-9-19(17(2)14-16)25-13-11-23-21(25)27-15-20(26)24(12-10-22)18-6-4-3-5-7-18/h3-9,11,13-14H,12,15H2,1-2H3. The van der Waals surface area contributed by atoms with Gasteiger partial charge in [0.25, 0.3) is 0 Å². The van der Waals surface area contributed by atoms with Crippen molar-refractivity contribution < 1.29 is 4.79 Å². The number of aromatic nitrogens is 2. The molecule has 0 unspecified atom stereocenters. The highest BCUT2D eigenvalue weighted by Crippen LogP contribution is 2.24. The number of para-hydroxylation sites is 1. The first-order valence-electron chi connectivity index (χ1n) is 8.56. The first-order chi connectivity index (χ1) is 13.1. The van der Waals surface area contributed by atoms with E-state index in [0.29, 0.717) is 0 Å². The SMILES string of the molecule is Cc1ccc(-n2ccnc2SCC(=O)N(CC#N)c2ccccc2)c(C)c1. The Kier molecular flexibility index (Phi) is 5.94. The Labute approximate surface area is 163 Å². The summed E-state index contributed by atoms with van der Waals surface area (Å²) >= 11 is 1.37. The second-order valence-electron chi connectivity index (χ2n) is 6.13. The molecule has 0 aliphatic carbocycles. The molecule has 0 aliphatic rings. The zero-order valence-corrected chi connectivity index (χ0v) is 16.1.